The van der Waals surface area contributed by atoms with E-state index < -0.39 is 0 Å². The molecule has 1 saturated heterocycles. The number of likely N-dealkylation sites (N-methyl/N-ethyl adjacent to an activating group) is 1. The predicted molar refractivity (Wildman–Crippen MR) is 72.3 cm³/mol. The number of nitrogens with one attached hydrogen (secondary N) is 1. The minimum atomic E-state index is -0.224. The highest BCUT2D eigenvalue weighted by Crippen LogP contribution is 2.16. The Morgan fingerprint density at radius 3 is 3.05 bits per heavy atom. The first-order valence-electron chi connectivity index (χ1n) is 6.31. The van der Waals surface area contributed by atoms with Gasteiger partial charge in [-0.1, -0.05) is 12.1 Å². The number of para-hydroxylation sites is 2. The summed E-state index contributed by atoms with van der Waals surface area (Å²) in [6.07, 6.45) is -0.224. The Morgan fingerprint density at radius 1 is 1.47 bits per heavy atom. The largest absolute Gasteiger partial charge is 0.448 e. The molecule has 19 heavy (non-hydrogen) atoms. The summed E-state index contributed by atoms with van der Waals surface area (Å²) in [5, 5.41) is 0. The van der Waals surface area contributed by atoms with Crippen LogP contribution in [0.4, 0.5) is 10.7 Å². The fourth-order valence-electron chi connectivity index (χ4n) is 2.13. The number of aromatic amines is 1. The lowest BCUT2D eigenvalue weighted by molar-refractivity contribution is 0.159. The molecule has 6 heteroatoms. The molecule has 1 N–H and O–H groups in total. The Kier molecular flexibility index (Phi) is 2.98. The smallest absolute Gasteiger partial charge is 0.409 e. The summed E-state index contributed by atoms with van der Waals surface area (Å²) in [4.78, 5) is 22.8. The number of benzene rings is 1. The van der Waals surface area contributed by atoms with Crippen molar-refractivity contribution in [1.82, 2.24) is 14.9 Å². The van der Waals surface area contributed by atoms with Crippen molar-refractivity contribution in [3.05, 3.63) is 24.3 Å². The van der Waals surface area contributed by atoms with E-state index in [1.807, 2.05) is 36.2 Å². The van der Waals surface area contributed by atoms with Gasteiger partial charge in [0.25, 0.3) is 0 Å². The number of nitrogens with zero attached hydrogens (tertiary/aromatic N) is 3. The lowest BCUT2D eigenvalue weighted by Crippen LogP contribution is -2.34. The van der Waals surface area contributed by atoms with Gasteiger partial charge in [-0.2, -0.15) is 0 Å². The molecule has 100 valence electrons. The van der Waals surface area contributed by atoms with Gasteiger partial charge in [0.1, 0.15) is 6.61 Å². The SMILES string of the molecule is CN(CCN1CCOC1=O)c1nc2ccccc2[nH]1. The van der Waals surface area contributed by atoms with E-state index in [1.54, 1.807) is 4.90 Å². The molecule has 3 rings (SSSR count). The van der Waals surface area contributed by atoms with Crippen molar-refractivity contribution >= 4 is 23.1 Å². The molecule has 0 aliphatic carbocycles. The molecule has 2 aromatic rings. The predicted octanol–water partition coefficient (Wildman–Crippen LogP) is 1.45. The maximum atomic E-state index is 11.3. The Hall–Kier alpha value is -2.24. The summed E-state index contributed by atoms with van der Waals surface area (Å²) in [5.74, 6) is 0.814. The molecule has 2 heterocycles. The molecule has 0 saturated carbocycles. The highest BCUT2D eigenvalue weighted by molar-refractivity contribution is 5.77. The second kappa shape index (κ2) is 4.79. The second-order valence-electron chi connectivity index (χ2n) is 4.60. The monoisotopic (exact) mass is 260 g/mol. The Balaban J connectivity index is 1.66. The first-order chi connectivity index (χ1) is 9.24. The zero-order chi connectivity index (χ0) is 13.2. The van der Waals surface area contributed by atoms with E-state index in [0.717, 1.165) is 23.5 Å². The maximum absolute atomic E-state index is 11.3. The minimum absolute atomic E-state index is 0.224. The Labute approximate surface area is 111 Å². The van der Waals surface area contributed by atoms with Gasteiger partial charge in [-0.05, 0) is 12.1 Å². The van der Waals surface area contributed by atoms with E-state index in [9.17, 15) is 4.79 Å². The van der Waals surface area contributed by atoms with Gasteiger partial charge in [-0.3, -0.25) is 0 Å². The molecule has 0 spiro atoms. The molecular weight excluding hydrogens is 244 g/mol. The van der Waals surface area contributed by atoms with E-state index >= 15 is 0 Å². The third-order valence-electron chi connectivity index (χ3n) is 3.29. The molecule has 0 atom stereocenters. The molecule has 1 amide bonds. The van der Waals surface area contributed by atoms with Crippen LogP contribution in [0.25, 0.3) is 11.0 Å². The quantitative estimate of drug-likeness (QED) is 0.904. The Bertz CT molecular complexity index is 562. The first kappa shape index (κ1) is 11.8. The van der Waals surface area contributed by atoms with Gasteiger partial charge in [0.05, 0.1) is 17.6 Å². The average molecular weight is 260 g/mol. The van der Waals surface area contributed by atoms with Crippen molar-refractivity contribution in [3.8, 4) is 0 Å². The van der Waals surface area contributed by atoms with E-state index in [4.69, 9.17) is 4.74 Å². The van der Waals surface area contributed by atoms with Crippen molar-refractivity contribution in [2.75, 3.05) is 38.2 Å². The second-order valence-corrected chi connectivity index (χ2v) is 4.60. The normalized spacial score (nSPS) is 15.0. The van der Waals surface area contributed by atoms with Gasteiger partial charge in [0.15, 0.2) is 0 Å². The number of carbonyl (C=O) groups is 1. The summed E-state index contributed by atoms with van der Waals surface area (Å²) in [7, 11) is 1.96. The van der Waals surface area contributed by atoms with Gasteiger partial charge in [0, 0.05) is 20.1 Å². The number of anilines is 1. The molecule has 1 aromatic heterocycles. The topological polar surface area (TPSA) is 61.5 Å². The van der Waals surface area contributed by atoms with E-state index in [-0.39, 0.29) is 6.09 Å². The van der Waals surface area contributed by atoms with Crippen molar-refractivity contribution in [1.29, 1.82) is 0 Å². The number of fused-ring (bicyclic) bond motifs is 1. The Morgan fingerprint density at radius 2 is 2.32 bits per heavy atom. The zero-order valence-electron chi connectivity index (χ0n) is 10.8. The number of ether oxygens (including phenoxy) is 1. The van der Waals surface area contributed by atoms with Crippen molar-refractivity contribution in [3.63, 3.8) is 0 Å². The van der Waals surface area contributed by atoms with Gasteiger partial charge in [0.2, 0.25) is 5.95 Å². The third kappa shape index (κ3) is 2.33. The summed E-state index contributed by atoms with van der Waals surface area (Å²) in [6.45, 7) is 2.53. The summed E-state index contributed by atoms with van der Waals surface area (Å²) >= 11 is 0. The standard InChI is InChI=1S/C13H16N4O2/c1-16(6-7-17-8-9-19-13(17)18)12-14-10-4-2-3-5-11(10)15-12/h2-5H,6-9H2,1H3,(H,14,15). The van der Waals surface area contributed by atoms with E-state index in [2.05, 4.69) is 9.97 Å². The van der Waals surface area contributed by atoms with Gasteiger partial charge in [-0.15, -0.1) is 0 Å². The average Bonchev–Trinajstić information content (AvgIpc) is 3.01. The number of imidazole rings is 1. The highest BCUT2D eigenvalue weighted by atomic mass is 16.6. The molecule has 1 fully saturated rings. The molecule has 1 aliphatic heterocycles. The third-order valence-corrected chi connectivity index (χ3v) is 3.29. The molecule has 0 unspecified atom stereocenters. The number of H-pyrrole nitrogens is 1. The number of hydrogen-bond donors (Lipinski definition) is 1. The van der Waals surface area contributed by atoms with Crippen LogP contribution in [0.3, 0.4) is 0 Å². The van der Waals surface area contributed by atoms with Gasteiger partial charge in [-0.25, -0.2) is 9.78 Å². The number of aromatic nitrogens is 2. The van der Waals surface area contributed by atoms with Crippen LogP contribution in [0.5, 0.6) is 0 Å². The molecule has 0 bridgehead atoms. The summed E-state index contributed by atoms with van der Waals surface area (Å²) in [6, 6.07) is 7.91. The van der Waals surface area contributed by atoms with Crippen LogP contribution in [0.15, 0.2) is 24.3 Å². The van der Waals surface area contributed by atoms with Crippen LogP contribution >= 0.6 is 0 Å². The molecular formula is C13H16N4O2. The summed E-state index contributed by atoms with van der Waals surface area (Å²) in [5.41, 5.74) is 1.97. The number of cyclic esters (lactones) is 1. The van der Waals surface area contributed by atoms with Crippen LogP contribution in [-0.4, -0.2) is 54.2 Å². The zero-order valence-corrected chi connectivity index (χ0v) is 10.8. The number of rotatable bonds is 4. The first-order valence-corrected chi connectivity index (χ1v) is 6.31. The number of carbonyl (C=O) groups excluding carboxylic acids is 1. The number of amides is 1. The fraction of sp³-hybridized carbons (Fsp3) is 0.385. The molecule has 6 nitrogen and oxygen atoms in total. The van der Waals surface area contributed by atoms with Crippen LogP contribution in [0.1, 0.15) is 0 Å². The van der Waals surface area contributed by atoms with Crippen molar-refractivity contribution < 1.29 is 9.53 Å². The van der Waals surface area contributed by atoms with E-state index in [0.29, 0.717) is 19.7 Å². The molecule has 1 aromatic carbocycles. The van der Waals surface area contributed by atoms with Crippen LogP contribution in [0.2, 0.25) is 0 Å². The molecule has 0 radical (unpaired) electrons. The molecule has 1 aliphatic rings. The van der Waals surface area contributed by atoms with Crippen molar-refractivity contribution in [2.24, 2.45) is 0 Å². The maximum Gasteiger partial charge on any atom is 0.409 e. The number of hydrogen-bond acceptors (Lipinski definition) is 4. The van der Waals surface area contributed by atoms with Crippen LogP contribution in [0, 0.1) is 0 Å². The van der Waals surface area contributed by atoms with Gasteiger partial charge >= 0.3 is 6.09 Å². The van der Waals surface area contributed by atoms with E-state index in [1.165, 1.54) is 0 Å². The lowest BCUT2D eigenvalue weighted by atomic mass is 10.3. The van der Waals surface area contributed by atoms with Gasteiger partial charge < -0.3 is 19.5 Å². The fourth-order valence-corrected chi connectivity index (χ4v) is 2.13. The minimum Gasteiger partial charge on any atom is -0.448 e. The van der Waals surface area contributed by atoms with Crippen LogP contribution in [-0.2, 0) is 4.74 Å². The summed E-state index contributed by atoms with van der Waals surface area (Å²) < 4.78 is 4.90. The van der Waals surface area contributed by atoms with Crippen LogP contribution < -0.4 is 4.90 Å². The lowest BCUT2D eigenvalue weighted by Gasteiger charge is -2.19. The van der Waals surface area contributed by atoms with Crippen molar-refractivity contribution in [2.45, 2.75) is 0 Å². The highest BCUT2D eigenvalue weighted by Gasteiger charge is 2.21.